The molecular weight excluding hydrogens is 514 g/mol. The molecule has 0 saturated heterocycles. The van der Waals surface area contributed by atoms with Crippen LogP contribution in [0, 0.1) is 0 Å². The van der Waals surface area contributed by atoms with Gasteiger partial charge in [0.2, 0.25) is 0 Å². The van der Waals surface area contributed by atoms with Crippen LogP contribution in [-0.2, 0) is 0 Å². The van der Waals surface area contributed by atoms with Crippen molar-refractivity contribution in [2.75, 3.05) is 0 Å². The number of benzene rings is 4. The molecule has 0 atom stereocenters. The van der Waals surface area contributed by atoms with Crippen LogP contribution in [0.4, 0.5) is 0 Å². The van der Waals surface area contributed by atoms with E-state index in [-0.39, 0.29) is 0 Å². The number of rotatable bonds is 6. The van der Waals surface area contributed by atoms with Crippen molar-refractivity contribution in [3.63, 3.8) is 0 Å². The van der Waals surface area contributed by atoms with Crippen LogP contribution in [0.3, 0.4) is 0 Å². The van der Waals surface area contributed by atoms with E-state index < -0.39 is 0 Å². The molecule has 42 heavy (non-hydrogen) atoms. The normalized spacial score (nSPS) is 10.9. The van der Waals surface area contributed by atoms with E-state index in [1.807, 2.05) is 91.1 Å². The molecule has 0 aliphatic rings. The number of aromatic nitrogens is 5. The van der Waals surface area contributed by atoms with Crippen LogP contribution in [0.5, 0.6) is 0 Å². The molecule has 5 nitrogen and oxygen atoms in total. The maximum atomic E-state index is 4.91. The first kappa shape index (κ1) is 25.2. The Labute approximate surface area is 244 Å². The average Bonchev–Trinajstić information content (AvgIpc) is 3.09. The molecule has 3 aromatic heterocycles. The zero-order chi connectivity index (χ0) is 28.1. The minimum absolute atomic E-state index is 0.626. The Morgan fingerprint density at radius 1 is 0.286 bits per heavy atom. The summed E-state index contributed by atoms with van der Waals surface area (Å²) in [6, 6.07) is 46.9. The fraction of sp³-hybridized carbons (Fsp3) is 0. The molecule has 198 valence electrons. The van der Waals surface area contributed by atoms with E-state index in [1.54, 1.807) is 6.20 Å². The molecule has 0 saturated carbocycles. The SMILES string of the molecule is c1ccc(-c2ccc(-c3nc(-c4ccccc4)nc(-c4ccc(-c5ccc(-c6ccccn6)nc5)cc4)n3)cc2)cc1. The highest BCUT2D eigenvalue weighted by atomic mass is 15.0. The van der Waals surface area contributed by atoms with Crippen molar-refractivity contribution in [1.29, 1.82) is 0 Å². The monoisotopic (exact) mass is 539 g/mol. The van der Waals surface area contributed by atoms with Gasteiger partial charge in [0, 0.05) is 34.6 Å². The second-order valence-corrected chi connectivity index (χ2v) is 9.84. The van der Waals surface area contributed by atoms with Crippen LogP contribution >= 0.6 is 0 Å². The molecule has 3 heterocycles. The van der Waals surface area contributed by atoms with Gasteiger partial charge in [-0.2, -0.15) is 0 Å². The maximum absolute atomic E-state index is 4.91. The third kappa shape index (κ3) is 5.31. The predicted octanol–water partition coefficient (Wildman–Crippen LogP) is 8.66. The highest BCUT2D eigenvalue weighted by molar-refractivity contribution is 5.72. The van der Waals surface area contributed by atoms with Crippen LogP contribution in [-0.4, -0.2) is 24.9 Å². The molecule has 0 spiro atoms. The molecule has 0 aliphatic heterocycles. The average molecular weight is 540 g/mol. The Morgan fingerprint density at radius 2 is 0.690 bits per heavy atom. The zero-order valence-electron chi connectivity index (χ0n) is 22.7. The predicted molar refractivity (Wildman–Crippen MR) is 168 cm³/mol. The van der Waals surface area contributed by atoms with Gasteiger partial charge in [-0.25, -0.2) is 15.0 Å². The highest BCUT2D eigenvalue weighted by Gasteiger charge is 2.13. The summed E-state index contributed by atoms with van der Waals surface area (Å²) in [4.78, 5) is 23.7. The van der Waals surface area contributed by atoms with Crippen LogP contribution in [0.1, 0.15) is 0 Å². The van der Waals surface area contributed by atoms with E-state index in [9.17, 15) is 0 Å². The van der Waals surface area contributed by atoms with E-state index in [1.165, 1.54) is 5.56 Å². The summed E-state index contributed by atoms with van der Waals surface area (Å²) in [7, 11) is 0. The zero-order valence-corrected chi connectivity index (χ0v) is 22.7. The van der Waals surface area contributed by atoms with Gasteiger partial charge in [-0.1, -0.05) is 121 Å². The quantitative estimate of drug-likeness (QED) is 0.212. The van der Waals surface area contributed by atoms with Crippen LogP contribution in [0.15, 0.2) is 152 Å². The Balaban J connectivity index is 1.22. The number of hydrogen-bond acceptors (Lipinski definition) is 5. The summed E-state index contributed by atoms with van der Waals surface area (Å²) < 4.78 is 0. The molecule has 7 aromatic rings. The first-order valence-electron chi connectivity index (χ1n) is 13.8. The molecular formula is C37H25N5. The first-order chi connectivity index (χ1) is 20.8. The second kappa shape index (κ2) is 11.4. The summed E-state index contributed by atoms with van der Waals surface area (Å²) >= 11 is 0. The Kier molecular flexibility index (Phi) is 6.81. The van der Waals surface area contributed by atoms with Gasteiger partial charge in [0.25, 0.3) is 0 Å². The van der Waals surface area contributed by atoms with Crippen molar-refractivity contribution in [2.45, 2.75) is 0 Å². The third-order valence-electron chi connectivity index (χ3n) is 7.08. The molecule has 0 radical (unpaired) electrons. The largest absolute Gasteiger partial charge is 0.255 e. The van der Waals surface area contributed by atoms with Crippen molar-refractivity contribution in [3.8, 4) is 67.8 Å². The lowest BCUT2D eigenvalue weighted by molar-refractivity contribution is 1.07. The van der Waals surface area contributed by atoms with E-state index >= 15 is 0 Å². The fourth-order valence-electron chi connectivity index (χ4n) is 4.83. The van der Waals surface area contributed by atoms with Crippen molar-refractivity contribution >= 4 is 0 Å². The molecule has 0 unspecified atom stereocenters. The summed E-state index contributed by atoms with van der Waals surface area (Å²) in [6.07, 6.45) is 3.66. The van der Waals surface area contributed by atoms with Gasteiger partial charge in [-0.15, -0.1) is 0 Å². The summed E-state index contributed by atoms with van der Waals surface area (Å²) in [5.74, 6) is 1.90. The molecule has 0 aliphatic carbocycles. The lowest BCUT2D eigenvalue weighted by Crippen LogP contribution is -2.00. The number of pyridine rings is 2. The van der Waals surface area contributed by atoms with Crippen molar-refractivity contribution in [2.24, 2.45) is 0 Å². The standard InChI is InChI=1S/C37H25N5/c1-3-9-26(10-4-1)27-14-18-30(19-15-27)36-40-35(29-11-5-2-6-12-29)41-37(42-36)31-20-16-28(17-21-31)32-22-23-34(39-25-32)33-13-7-8-24-38-33/h1-25H. The van der Waals surface area contributed by atoms with Gasteiger partial charge in [0.15, 0.2) is 17.5 Å². The molecule has 0 amide bonds. The summed E-state index contributed by atoms with van der Waals surface area (Å²) in [6.45, 7) is 0. The Morgan fingerprint density at radius 3 is 1.19 bits per heavy atom. The van der Waals surface area contributed by atoms with Gasteiger partial charge in [-0.3, -0.25) is 9.97 Å². The second-order valence-electron chi connectivity index (χ2n) is 9.84. The lowest BCUT2D eigenvalue weighted by Gasteiger charge is -2.10. The third-order valence-corrected chi connectivity index (χ3v) is 7.08. The molecule has 5 heteroatoms. The fourth-order valence-corrected chi connectivity index (χ4v) is 4.83. The van der Waals surface area contributed by atoms with Gasteiger partial charge in [0.05, 0.1) is 11.4 Å². The Hall–Kier alpha value is -5.81. The molecule has 4 aromatic carbocycles. The first-order valence-corrected chi connectivity index (χ1v) is 13.8. The van der Waals surface area contributed by atoms with E-state index in [2.05, 4.69) is 64.6 Å². The van der Waals surface area contributed by atoms with Gasteiger partial charge >= 0.3 is 0 Å². The number of nitrogens with zero attached hydrogens (tertiary/aromatic N) is 5. The number of hydrogen-bond donors (Lipinski definition) is 0. The van der Waals surface area contributed by atoms with Crippen molar-refractivity contribution < 1.29 is 0 Å². The lowest BCUT2D eigenvalue weighted by atomic mass is 10.0. The van der Waals surface area contributed by atoms with Gasteiger partial charge in [-0.05, 0) is 34.9 Å². The highest BCUT2D eigenvalue weighted by Crippen LogP contribution is 2.29. The smallest absolute Gasteiger partial charge is 0.164 e. The molecule has 0 fully saturated rings. The van der Waals surface area contributed by atoms with Crippen LogP contribution in [0.25, 0.3) is 67.8 Å². The van der Waals surface area contributed by atoms with E-state index in [0.29, 0.717) is 17.5 Å². The minimum atomic E-state index is 0.626. The maximum Gasteiger partial charge on any atom is 0.164 e. The van der Waals surface area contributed by atoms with Gasteiger partial charge in [0.1, 0.15) is 0 Å². The summed E-state index contributed by atoms with van der Waals surface area (Å²) in [5.41, 5.74) is 8.91. The van der Waals surface area contributed by atoms with Crippen molar-refractivity contribution in [1.82, 2.24) is 24.9 Å². The Bertz CT molecular complexity index is 1920. The minimum Gasteiger partial charge on any atom is -0.255 e. The van der Waals surface area contributed by atoms with E-state index in [4.69, 9.17) is 15.0 Å². The van der Waals surface area contributed by atoms with Gasteiger partial charge < -0.3 is 0 Å². The molecule has 0 bridgehead atoms. The van der Waals surface area contributed by atoms with Crippen LogP contribution < -0.4 is 0 Å². The summed E-state index contributed by atoms with van der Waals surface area (Å²) in [5, 5.41) is 0. The van der Waals surface area contributed by atoms with Crippen molar-refractivity contribution in [3.05, 3.63) is 152 Å². The molecule has 7 rings (SSSR count). The topological polar surface area (TPSA) is 64.5 Å². The van der Waals surface area contributed by atoms with Crippen LogP contribution in [0.2, 0.25) is 0 Å². The molecule has 0 N–H and O–H groups in total. The van der Waals surface area contributed by atoms with E-state index in [0.717, 1.165) is 44.8 Å².